The normalized spacial score (nSPS) is 22.3. The van der Waals surface area contributed by atoms with E-state index in [0.29, 0.717) is 23.3 Å². The highest BCUT2D eigenvalue weighted by molar-refractivity contribution is 5.67. The van der Waals surface area contributed by atoms with Gasteiger partial charge in [0, 0.05) is 16.9 Å². The molecule has 0 spiro atoms. The highest BCUT2D eigenvalue weighted by Gasteiger charge is 2.28. The van der Waals surface area contributed by atoms with Crippen LogP contribution in [0.2, 0.25) is 0 Å². The number of nitrogen functional groups attached to an aromatic ring is 2. The molecule has 0 aliphatic heterocycles. The molecule has 1 aromatic carbocycles. The Labute approximate surface area is 124 Å². The summed E-state index contributed by atoms with van der Waals surface area (Å²) in [5.41, 5.74) is 13.9. The number of rotatable bonds is 3. The molecule has 1 heterocycles. The molecule has 6 heteroatoms. The van der Waals surface area contributed by atoms with Gasteiger partial charge in [0.05, 0.1) is 6.04 Å². The monoisotopic (exact) mass is 286 g/mol. The molecule has 0 amide bonds. The van der Waals surface area contributed by atoms with Gasteiger partial charge in [0.15, 0.2) is 5.82 Å². The molecular weight excluding hydrogens is 264 g/mol. The van der Waals surface area contributed by atoms with Crippen LogP contribution in [-0.4, -0.2) is 20.2 Å². The van der Waals surface area contributed by atoms with E-state index < -0.39 is 0 Å². The molecule has 1 fully saturated rings. The minimum Gasteiger partial charge on any atom is -0.399 e. The molecule has 2 atom stereocenters. The first kappa shape index (κ1) is 13.9. The molecule has 0 radical (unpaired) electrons. The predicted octanol–water partition coefficient (Wildman–Crippen LogP) is 2.65. The smallest absolute Gasteiger partial charge is 0.182 e. The fourth-order valence-electron chi connectivity index (χ4n) is 3.40. The SMILES string of the molecule is CCC1CCCCC1n1nnnc1-c1cc(N)cc(N)c1. The Morgan fingerprint density at radius 3 is 2.57 bits per heavy atom. The van der Waals surface area contributed by atoms with Crippen molar-refractivity contribution in [1.29, 1.82) is 0 Å². The Balaban J connectivity index is 2.00. The Kier molecular flexibility index (Phi) is 3.77. The molecule has 1 saturated carbocycles. The maximum atomic E-state index is 5.89. The van der Waals surface area contributed by atoms with Crippen molar-refractivity contribution in [2.45, 2.75) is 45.1 Å². The van der Waals surface area contributed by atoms with Crippen molar-refractivity contribution in [2.24, 2.45) is 5.92 Å². The maximum Gasteiger partial charge on any atom is 0.182 e. The first-order valence-corrected chi connectivity index (χ1v) is 7.63. The topological polar surface area (TPSA) is 95.6 Å². The molecular formula is C15H22N6. The van der Waals surface area contributed by atoms with Crippen molar-refractivity contribution >= 4 is 11.4 Å². The molecule has 2 aromatic rings. The van der Waals surface area contributed by atoms with Crippen LogP contribution in [0, 0.1) is 5.92 Å². The van der Waals surface area contributed by atoms with Crippen LogP contribution in [-0.2, 0) is 0 Å². The van der Waals surface area contributed by atoms with E-state index >= 15 is 0 Å². The van der Waals surface area contributed by atoms with Gasteiger partial charge < -0.3 is 11.5 Å². The zero-order valence-electron chi connectivity index (χ0n) is 12.4. The van der Waals surface area contributed by atoms with Gasteiger partial charge in [-0.3, -0.25) is 0 Å². The summed E-state index contributed by atoms with van der Waals surface area (Å²) in [6, 6.07) is 5.87. The summed E-state index contributed by atoms with van der Waals surface area (Å²) in [5.74, 6) is 1.40. The van der Waals surface area contributed by atoms with E-state index in [1.807, 2.05) is 16.8 Å². The fourth-order valence-corrected chi connectivity index (χ4v) is 3.40. The van der Waals surface area contributed by atoms with Crippen molar-refractivity contribution in [1.82, 2.24) is 20.2 Å². The van der Waals surface area contributed by atoms with Gasteiger partial charge in [0.1, 0.15) is 0 Å². The second-order valence-electron chi connectivity index (χ2n) is 5.86. The van der Waals surface area contributed by atoms with Crippen molar-refractivity contribution < 1.29 is 0 Å². The predicted molar refractivity (Wildman–Crippen MR) is 83.4 cm³/mol. The molecule has 0 saturated heterocycles. The first-order valence-electron chi connectivity index (χ1n) is 7.63. The first-order chi connectivity index (χ1) is 10.2. The second-order valence-corrected chi connectivity index (χ2v) is 5.86. The summed E-state index contributed by atoms with van der Waals surface area (Å²) in [5, 5.41) is 12.3. The summed E-state index contributed by atoms with van der Waals surface area (Å²) in [6.07, 6.45) is 6.08. The minimum atomic E-state index is 0.372. The average Bonchev–Trinajstić information content (AvgIpc) is 2.95. The van der Waals surface area contributed by atoms with Gasteiger partial charge in [0.25, 0.3) is 0 Å². The van der Waals surface area contributed by atoms with Crippen molar-refractivity contribution in [3.05, 3.63) is 18.2 Å². The standard InChI is InChI=1S/C15H22N6/c1-2-10-5-3-4-6-14(10)21-15(18-19-20-21)11-7-12(16)9-13(17)8-11/h7-10,14H,2-6,16-17H2,1H3. The lowest BCUT2D eigenvalue weighted by Gasteiger charge is -2.31. The minimum absolute atomic E-state index is 0.372. The van der Waals surface area contributed by atoms with E-state index in [9.17, 15) is 0 Å². The molecule has 1 aromatic heterocycles. The van der Waals surface area contributed by atoms with Crippen LogP contribution in [0.15, 0.2) is 18.2 Å². The van der Waals surface area contributed by atoms with Crippen molar-refractivity contribution in [3.8, 4) is 11.4 Å². The van der Waals surface area contributed by atoms with E-state index in [1.165, 1.54) is 19.3 Å². The molecule has 2 unspecified atom stereocenters. The van der Waals surface area contributed by atoms with Gasteiger partial charge in [-0.1, -0.05) is 26.2 Å². The van der Waals surface area contributed by atoms with Gasteiger partial charge in [-0.05, 0) is 47.4 Å². The Morgan fingerprint density at radius 1 is 1.14 bits per heavy atom. The third kappa shape index (κ3) is 2.70. The number of tetrazole rings is 1. The van der Waals surface area contributed by atoms with Crippen molar-refractivity contribution in [3.63, 3.8) is 0 Å². The summed E-state index contributed by atoms with van der Waals surface area (Å²) >= 11 is 0. The molecule has 0 bridgehead atoms. The third-order valence-electron chi connectivity index (χ3n) is 4.44. The van der Waals surface area contributed by atoms with Crippen LogP contribution in [0.1, 0.15) is 45.1 Å². The molecule has 21 heavy (non-hydrogen) atoms. The highest BCUT2D eigenvalue weighted by atomic mass is 15.5. The third-order valence-corrected chi connectivity index (χ3v) is 4.44. The van der Waals surface area contributed by atoms with Crippen LogP contribution < -0.4 is 11.5 Å². The van der Waals surface area contributed by atoms with E-state index in [0.717, 1.165) is 24.2 Å². The van der Waals surface area contributed by atoms with E-state index in [4.69, 9.17) is 11.5 Å². The number of aromatic nitrogens is 4. The summed E-state index contributed by atoms with van der Waals surface area (Å²) in [7, 11) is 0. The highest BCUT2D eigenvalue weighted by Crippen LogP contribution is 2.37. The Hall–Kier alpha value is -2.11. The number of benzene rings is 1. The lowest BCUT2D eigenvalue weighted by Crippen LogP contribution is -2.24. The number of hydrogen-bond acceptors (Lipinski definition) is 5. The average molecular weight is 286 g/mol. The van der Waals surface area contributed by atoms with Gasteiger partial charge in [-0.2, -0.15) is 0 Å². The van der Waals surface area contributed by atoms with Crippen molar-refractivity contribution in [2.75, 3.05) is 11.5 Å². The molecule has 1 aliphatic rings. The quantitative estimate of drug-likeness (QED) is 0.846. The summed E-state index contributed by atoms with van der Waals surface area (Å²) < 4.78 is 1.97. The number of nitrogens with two attached hydrogens (primary N) is 2. The van der Waals surface area contributed by atoms with Crippen LogP contribution in [0.3, 0.4) is 0 Å². The Morgan fingerprint density at radius 2 is 1.86 bits per heavy atom. The molecule has 1 aliphatic carbocycles. The van der Waals surface area contributed by atoms with Gasteiger partial charge >= 0.3 is 0 Å². The van der Waals surface area contributed by atoms with E-state index in [1.54, 1.807) is 6.07 Å². The van der Waals surface area contributed by atoms with Crippen LogP contribution in [0.4, 0.5) is 11.4 Å². The zero-order valence-corrected chi connectivity index (χ0v) is 12.4. The van der Waals surface area contributed by atoms with Crippen LogP contribution >= 0.6 is 0 Å². The van der Waals surface area contributed by atoms with Gasteiger partial charge in [-0.15, -0.1) is 5.10 Å². The fraction of sp³-hybridized carbons (Fsp3) is 0.533. The molecule has 3 rings (SSSR count). The second kappa shape index (κ2) is 5.71. The number of hydrogen-bond donors (Lipinski definition) is 2. The molecule has 4 N–H and O–H groups in total. The van der Waals surface area contributed by atoms with Gasteiger partial charge in [-0.25, -0.2) is 4.68 Å². The lowest BCUT2D eigenvalue weighted by molar-refractivity contribution is 0.216. The van der Waals surface area contributed by atoms with Crippen LogP contribution in [0.5, 0.6) is 0 Å². The maximum absolute atomic E-state index is 5.89. The largest absolute Gasteiger partial charge is 0.399 e. The van der Waals surface area contributed by atoms with E-state index in [-0.39, 0.29) is 0 Å². The lowest BCUT2D eigenvalue weighted by atomic mass is 9.83. The van der Waals surface area contributed by atoms with E-state index in [2.05, 4.69) is 22.4 Å². The van der Waals surface area contributed by atoms with Gasteiger partial charge in [0.2, 0.25) is 0 Å². The number of nitrogens with zero attached hydrogens (tertiary/aromatic N) is 4. The van der Waals surface area contributed by atoms with Crippen LogP contribution in [0.25, 0.3) is 11.4 Å². The molecule has 112 valence electrons. The molecule has 6 nitrogen and oxygen atoms in total. The zero-order chi connectivity index (χ0) is 14.8. The number of anilines is 2. The Bertz CT molecular complexity index is 600. The summed E-state index contributed by atoms with van der Waals surface area (Å²) in [4.78, 5) is 0. The summed E-state index contributed by atoms with van der Waals surface area (Å²) in [6.45, 7) is 2.24.